The van der Waals surface area contributed by atoms with E-state index in [2.05, 4.69) is 9.97 Å². The van der Waals surface area contributed by atoms with Crippen molar-refractivity contribution in [3.05, 3.63) is 35.0 Å². The van der Waals surface area contributed by atoms with Crippen LogP contribution in [0.3, 0.4) is 0 Å². The number of fused-ring (bicyclic) bond motifs is 1. The first-order chi connectivity index (χ1) is 11.8. The Morgan fingerprint density at radius 1 is 1.32 bits per heavy atom. The Morgan fingerprint density at radius 3 is 2.76 bits per heavy atom. The molecule has 0 unspecified atom stereocenters. The maximum Gasteiger partial charge on any atom is 0.416 e. The van der Waals surface area contributed by atoms with Gasteiger partial charge in [0.2, 0.25) is 0 Å². The van der Waals surface area contributed by atoms with Gasteiger partial charge in [-0.3, -0.25) is 0 Å². The molecule has 25 heavy (non-hydrogen) atoms. The monoisotopic (exact) mass is 352 g/mol. The molecule has 0 saturated heterocycles. The number of nitrogens with zero attached hydrogens (tertiary/aromatic N) is 3. The van der Waals surface area contributed by atoms with E-state index in [1.807, 2.05) is 11.9 Å². The quantitative estimate of drug-likeness (QED) is 0.919. The number of nitrogens with two attached hydrogens (primary N) is 1. The van der Waals surface area contributed by atoms with E-state index >= 15 is 0 Å². The number of alkyl halides is 3. The third-order valence-electron chi connectivity index (χ3n) is 4.18. The number of rotatable bonds is 3. The number of hydrogen-bond donors (Lipinski definition) is 1. The number of anilines is 1. The number of hydrogen-bond acceptors (Lipinski definition) is 5. The van der Waals surface area contributed by atoms with Gasteiger partial charge in [0.1, 0.15) is 0 Å². The number of nitrogen functional groups attached to an aromatic ring is 1. The van der Waals surface area contributed by atoms with Crippen LogP contribution in [0, 0.1) is 0 Å². The Morgan fingerprint density at radius 2 is 2.08 bits per heavy atom. The summed E-state index contributed by atoms with van der Waals surface area (Å²) in [5, 5.41) is 0. The zero-order valence-electron chi connectivity index (χ0n) is 14.0. The second-order valence-corrected chi connectivity index (χ2v) is 6.03. The molecule has 0 amide bonds. The van der Waals surface area contributed by atoms with E-state index in [0.717, 1.165) is 6.07 Å². The normalized spacial score (nSPS) is 15.1. The van der Waals surface area contributed by atoms with E-state index in [-0.39, 0.29) is 11.7 Å². The van der Waals surface area contributed by atoms with Gasteiger partial charge in [-0.15, -0.1) is 0 Å². The molecule has 0 saturated carbocycles. The minimum Gasteiger partial charge on any atom is -0.475 e. The molecule has 0 atom stereocenters. The molecule has 5 nitrogen and oxygen atoms in total. The van der Waals surface area contributed by atoms with Crippen LogP contribution in [0.4, 0.5) is 19.0 Å². The molecule has 0 spiro atoms. The molecule has 0 fully saturated rings. The molecule has 2 aromatic rings. The predicted octanol–water partition coefficient (Wildman–Crippen LogP) is 3.13. The third-order valence-corrected chi connectivity index (χ3v) is 4.18. The Balaban J connectivity index is 2.14. The average Bonchev–Trinajstić information content (AvgIpc) is 2.55. The van der Waals surface area contributed by atoms with Gasteiger partial charge in [0, 0.05) is 18.7 Å². The molecule has 1 aliphatic rings. The summed E-state index contributed by atoms with van der Waals surface area (Å²) in [6, 6.07) is 2.89. The fourth-order valence-corrected chi connectivity index (χ4v) is 3.01. The molecule has 3 rings (SSSR count). The summed E-state index contributed by atoms with van der Waals surface area (Å²) in [5.74, 6) is 0.239. The molecule has 1 aromatic heterocycles. The highest BCUT2D eigenvalue weighted by Crippen LogP contribution is 2.38. The molecule has 1 aliphatic heterocycles. The Hall–Kier alpha value is -2.35. The van der Waals surface area contributed by atoms with Crippen LogP contribution in [0.15, 0.2) is 18.3 Å². The fourth-order valence-electron chi connectivity index (χ4n) is 3.01. The lowest BCUT2D eigenvalue weighted by molar-refractivity contribution is -0.138. The van der Waals surface area contributed by atoms with E-state index in [0.29, 0.717) is 48.5 Å². The smallest absolute Gasteiger partial charge is 0.416 e. The third kappa shape index (κ3) is 3.53. The van der Waals surface area contributed by atoms with Gasteiger partial charge in [-0.05, 0) is 43.7 Å². The topological polar surface area (TPSA) is 64.3 Å². The van der Waals surface area contributed by atoms with E-state index in [4.69, 9.17) is 10.5 Å². The minimum atomic E-state index is -4.42. The maximum absolute atomic E-state index is 13.5. The van der Waals surface area contributed by atoms with Crippen molar-refractivity contribution in [3.8, 4) is 17.1 Å². The summed E-state index contributed by atoms with van der Waals surface area (Å²) in [6.07, 6.45) is -2.68. The SMILES string of the molecule is CCOc1nc(-c2cc3c(c(C(F)(F)F)c2)CCN(C)C3)cnc1N. The number of benzene rings is 1. The van der Waals surface area contributed by atoms with Crippen LogP contribution in [0.25, 0.3) is 11.3 Å². The van der Waals surface area contributed by atoms with Crippen molar-refractivity contribution in [3.63, 3.8) is 0 Å². The largest absolute Gasteiger partial charge is 0.475 e. The zero-order chi connectivity index (χ0) is 18.2. The first kappa shape index (κ1) is 17.5. The molecule has 0 radical (unpaired) electrons. The summed E-state index contributed by atoms with van der Waals surface area (Å²) >= 11 is 0. The molecule has 2 N–H and O–H groups in total. The van der Waals surface area contributed by atoms with Gasteiger partial charge in [0.15, 0.2) is 5.82 Å². The molecule has 0 bridgehead atoms. The van der Waals surface area contributed by atoms with Gasteiger partial charge < -0.3 is 15.4 Å². The van der Waals surface area contributed by atoms with E-state index < -0.39 is 11.7 Å². The van der Waals surface area contributed by atoms with Crippen LogP contribution in [-0.4, -0.2) is 35.1 Å². The molecule has 0 aliphatic carbocycles. The number of aromatic nitrogens is 2. The molecule has 2 heterocycles. The number of likely N-dealkylation sites (N-methyl/N-ethyl adjacent to an activating group) is 1. The van der Waals surface area contributed by atoms with Crippen molar-refractivity contribution >= 4 is 5.82 Å². The van der Waals surface area contributed by atoms with E-state index in [1.165, 1.54) is 6.20 Å². The summed E-state index contributed by atoms with van der Waals surface area (Å²) in [5.41, 5.74) is 6.78. The average molecular weight is 352 g/mol. The molecule has 8 heteroatoms. The van der Waals surface area contributed by atoms with Crippen molar-refractivity contribution in [2.45, 2.75) is 26.1 Å². The highest BCUT2D eigenvalue weighted by molar-refractivity contribution is 5.65. The van der Waals surface area contributed by atoms with Gasteiger partial charge in [-0.2, -0.15) is 13.2 Å². The molecule has 134 valence electrons. The van der Waals surface area contributed by atoms with Crippen molar-refractivity contribution in [2.75, 3.05) is 25.9 Å². The Kier molecular flexibility index (Phi) is 4.55. The first-order valence-corrected chi connectivity index (χ1v) is 7.96. The van der Waals surface area contributed by atoms with Gasteiger partial charge in [-0.25, -0.2) is 9.97 Å². The van der Waals surface area contributed by atoms with Crippen LogP contribution >= 0.6 is 0 Å². The van der Waals surface area contributed by atoms with Gasteiger partial charge in [-0.1, -0.05) is 0 Å². The minimum absolute atomic E-state index is 0.110. The molecular formula is C17H19F3N4O. The summed E-state index contributed by atoms with van der Waals surface area (Å²) in [6.45, 7) is 3.17. The maximum atomic E-state index is 13.5. The summed E-state index contributed by atoms with van der Waals surface area (Å²) in [7, 11) is 1.89. The van der Waals surface area contributed by atoms with Crippen LogP contribution in [0.2, 0.25) is 0 Å². The first-order valence-electron chi connectivity index (χ1n) is 7.96. The van der Waals surface area contributed by atoms with Crippen molar-refractivity contribution in [1.29, 1.82) is 0 Å². The van der Waals surface area contributed by atoms with Crippen LogP contribution < -0.4 is 10.5 Å². The van der Waals surface area contributed by atoms with Crippen LogP contribution in [0.5, 0.6) is 5.88 Å². The predicted molar refractivity (Wildman–Crippen MR) is 88.1 cm³/mol. The van der Waals surface area contributed by atoms with Crippen LogP contribution in [-0.2, 0) is 19.1 Å². The zero-order valence-corrected chi connectivity index (χ0v) is 14.0. The highest BCUT2D eigenvalue weighted by Gasteiger charge is 2.36. The Labute approximate surface area is 143 Å². The lowest BCUT2D eigenvalue weighted by atomic mass is 9.91. The lowest BCUT2D eigenvalue weighted by Crippen LogP contribution is -2.28. The summed E-state index contributed by atoms with van der Waals surface area (Å²) < 4.78 is 45.9. The second kappa shape index (κ2) is 6.51. The standard InChI is InChI=1S/C17H19F3N4O/c1-3-25-16-15(21)22-8-14(23-16)10-6-11-9-24(2)5-4-12(11)13(7-10)17(18,19)20/h6-8H,3-5,9H2,1-2H3,(H2,21,22). The van der Waals surface area contributed by atoms with Gasteiger partial charge in [0.05, 0.1) is 24.1 Å². The second-order valence-electron chi connectivity index (χ2n) is 6.03. The lowest BCUT2D eigenvalue weighted by Gasteiger charge is -2.28. The van der Waals surface area contributed by atoms with Crippen LogP contribution in [0.1, 0.15) is 23.6 Å². The fraction of sp³-hybridized carbons (Fsp3) is 0.412. The van der Waals surface area contributed by atoms with Gasteiger partial charge in [0.25, 0.3) is 5.88 Å². The van der Waals surface area contributed by atoms with Crippen molar-refractivity contribution in [2.24, 2.45) is 0 Å². The number of ether oxygens (including phenoxy) is 1. The van der Waals surface area contributed by atoms with Crippen molar-refractivity contribution < 1.29 is 17.9 Å². The molecule has 1 aromatic carbocycles. The van der Waals surface area contributed by atoms with Crippen molar-refractivity contribution in [1.82, 2.24) is 14.9 Å². The van der Waals surface area contributed by atoms with E-state index in [1.54, 1.807) is 13.0 Å². The van der Waals surface area contributed by atoms with E-state index in [9.17, 15) is 13.2 Å². The van der Waals surface area contributed by atoms with Gasteiger partial charge >= 0.3 is 6.18 Å². The highest BCUT2D eigenvalue weighted by atomic mass is 19.4. The Bertz CT molecular complexity index is 792. The molecular weight excluding hydrogens is 333 g/mol. The number of halogens is 3. The summed E-state index contributed by atoms with van der Waals surface area (Å²) in [4.78, 5) is 10.2.